The summed E-state index contributed by atoms with van der Waals surface area (Å²) in [6, 6.07) is 7.46. The molecule has 1 unspecified atom stereocenters. The fourth-order valence-electron chi connectivity index (χ4n) is 2.71. The molecule has 1 fully saturated rings. The first-order valence-electron chi connectivity index (χ1n) is 8.88. The van der Waals surface area contributed by atoms with Gasteiger partial charge < -0.3 is 25.4 Å². The summed E-state index contributed by atoms with van der Waals surface area (Å²) in [5.41, 5.74) is 5.97. The number of piperidine rings is 1. The summed E-state index contributed by atoms with van der Waals surface area (Å²) >= 11 is 5.94. The van der Waals surface area contributed by atoms with Crippen molar-refractivity contribution in [1.29, 1.82) is 0 Å². The molecule has 144 valence electrons. The summed E-state index contributed by atoms with van der Waals surface area (Å²) in [6.07, 6.45) is 1.24. The van der Waals surface area contributed by atoms with Crippen LogP contribution in [0.25, 0.3) is 0 Å². The van der Waals surface area contributed by atoms with E-state index < -0.39 is 0 Å². The second kappa shape index (κ2) is 10.1. The zero-order chi connectivity index (χ0) is 18.9. The molecule has 1 amide bonds. The summed E-state index contributed by atoms with van der Waals surface area (Å²) in [4.78, 5) is 17.7. The van der Waals surface area contributed by atoms with Crippen molar-refractivity contribution in [1.82, 2.24) is 10.2 Å². The van der Waals surface area contributed by atoms with Crippen molar-refractivity contribution in [2.75, 3.05) is 26.2 Å². The molecule has 0 bridgehead atoms. The number of hydrogen-bond donors (Lipinski definition) is 2. The number of rotatable bonds is 6. The number of hydrogen-bond acceptors (Lipinski definition) is 4. The lowest BCUT2D eigenvalue weighted by Gasteiger charge is -2.31. The SMILES string of the molecule is CCOC(=O)N1CCC(NC(N)=NCC(C)Oc2cccc(Cl)c2)CC1. The maximum absolute atomic E-state index is 11.7. The van der Waals surface area contributed by atoms with E-state index in [1.54, 1.807) is 24.0 Å². The first-order valence-corrected chi connectivity index (χ1v) is 9.26. The van der Waals surface area contributed by atoms with Gasteiger partial charge in [-0.2, -0.15) is 0 Å². The van der Waals surface area contributed by atoms with Gasteiger partial charge >= 0.3 is 6.09 Å². The van der Waals surface area contributed by atoms with E-state index in [-0.39, 0.29) is 18.2 Å². The molecule has 1 aliphatic rings. The van der Waals surface area contributed by atoms with E-state index in [1.807, 2.05) is 19.1 Å². The Morgan fingerprint density at radius 1 is 1.46 bits per heavy atom. The van der Waals surface area contributed by atoms with Crippen LogP contribution < -0.4 is 15.8 Å². The van der Waals surface area contributed by atoms with Gasteiger partial charge in [0.25, 0.3) is 0 Å². The second-order valence-corrected chi connectivity index (χ2v) is 6.65. The van der Waals surface area contributed by atoms with E-state index in [2.05, 4.69) is 10.3 Å². The molecule has 8 heteroatoms. The number of nitrogens with two attached hydrogens (primary N) is 1. The molecule has 1 atom stereocenters. The Hall–Kier alpha value is -2.15. The molecule has 7 nitrogen and oxygen atoms in total. The molecular formula is C18H27ClN4O3. The molecule has 26 heavy (non-hydrogen) atoms. The molecule has 0 radical (unpaired) electrons. The number of nitrogens with one attached hydrogen (secondary N) is 1. The van der Waals surface area contributed by atoms with Crippen LogP contribution in [0.3, 0.4) is 0 Å². The number of halogens is 1. The van der Waals surface area contributed by atoms with Crippen LogP contribution in [0.5, 0.6) is 5.75 Å². The van der Waals surface area contributed by atoms with Gasteiger partial charge in [0.2, 0.25) is 0 Å². The number of carbonyl (C=O) groups excluding carboxylic acids is 1. The highest BCUT2D eigenvalue weighted by atomic mass is 35.5. The first kappa shape index (κ1) is 20.2. The molecule has 1 heterocycles. The number of nitrogens with zero attached hydrogens (tertiary/aromatic N) is 2. The van der Waals surface area contributed by atoms with E-state index in [0.717, 1.165) is 12.8 Å². The van der Waals surface area contributed by atoms with Crippen LogP contribution in [0, 0.1) is 0 Å². The third-order valence-electron chi connectivity index (χ3n) is 4.03. The molecule has 1 saturated heterocycles. The van der Waals surface area contributed by atoms with Gasteiger partial charge in [0.15, 0.2) is 5.96 Å². The fourth-order valence-corrected chi connectivity index (χ4v) is 2.89. The van der Waals surface area contributed by atoms with E-state index in [1.165, 1.54) is 0 Å². The number of likely N-dealkylation sites (tertiary alicyclic amines) is 1. The molecule has 0 saturated carbocycles. The Labute approximate surface area is 159 Å². The number of guanidine groups is 1. The smallest absolute Gasteiger partial charge is 0.409 e. The lowest BCUT2D eigenvalue weighted by atomic mass is 10.1. The van der Waals surface area contributed by atoms with Crippen molar-refractivity contribution in [3.05, 3.63) is 29.3 Å². The maximum Gasteiger partial charge on any atom is 0.409 e. The Bertz CT molecular complexity index is 618. The Morgan fingerprint density at radius 2 is 2.19 bits per heavy atom. The highest BCUT2D eigenvalue weighted by Gasteiger charge is 2.23. The molecule has 1 aromatic rings. The molecular weight excluding hydrogens is 356 g/mol. The van der Waals surface area contributed by atoms with E-state index in [9.17, 15) is 4.79 Å². The van der Waals surface area contributed by atoms with Gasteiger partial charge in [-0.15, -0.1) is 0 Å². The Kier molecular flexibility index (Phi) is 7.84. The molecule has 1 aliphatic heterocycles. The molecule has 1 aromatic carbocycles. The van der Waals surface area contributed by atoms with Gasteiger partial charge in [-0.1, -0.05) is 17.7 Å². The Balaban J connectivity index is 1.72. The molecule has 0 spiro atoms. The van der Waals surface area contributed by atoms with Crippen LogP contribution in [0.15, 0.2) is 29.3 Å². The van der Waals surface area contributed by atoms with Crippen LogP contribution >= 0.6 is 11.6 Å². The topological polar surface area (TPSA) is 89.2 Å². The van der Waals surface area contributed by atoms with Gasteiger partial charge in [0.1, 0.15) is 11.9 Å². The average molecular weight is 383 g/mol. The number of carbonyl (C=O) groups is 1. The molecule has 2 rings (SSSR count). The molecule has 0 aliphatic carbocycles. The van der Waals surface area contributed by atoms with Crippen LogP contribution in [0.2, 0.25) is 5.02 Å². The van der Waals surface area contributed by atoms with Crippen LogP contribution in [-0.2, 0) is 4.74 Å². The second-order valence-electron chi connectivity index (χ2n) is 6.22. The predicted octanol–water partition coefficient (Wildman–Crippen LogP) is 2.63. The van der Waals surface area contributed by atoms with E-state index in [0.29, 0.717) is 43.0 Å². The average Bonchev–Trinajstić information content (AvgIpc) is 2.61. The van der Waals surface area contributed by atoms with Gasteiger partial charge in [0, 0.05) is 24.2 Å². The zero-order valence-corrected chi connectivity index (χ0v) is 16.0. The molecule has 3 N–H and O–H groups in total. The lowest BCUT2D eigenvalue weighted by molar-refractivity contribution is 0.0963. The third-order valence-corrected chi connectivity index (χ3v) is 4.26. The summed E-state index contributed by atoms with van der Waals surface area (Å²) in [6.45, 7) is 5.87. The highest BCUT2D eigenvalue weighted by molar-refractivity contribution is 6.30. The van der Waals surface area contributed by atoms with Gasteiger partial charge in [0.05, 0.1) is 13.2 Å². The van der Waals surface area contributed by atoms with Crippen LogP contribution in [0.1, 0.15) is 26.7 Å². The summed E-state index contributed by atoms with van der Waals surface area (Å²) < 4.78 is 10.8. The largest absolute Gasteiger partial charge is 0.489 e. The summed E-state index contributed by atoms with van der Waals surface area (Å²) in [5.74, 6) is 1.10. The maximum atomic E-state index is 11.7. The monoisotopic (exact) mass is 382 g/mol. The normalized spacial score (nSPS) is 16.9. The van der Waals surface area contributed by atoms with Crippen molar-refractivity contribution in [3.63, 3.8) is 0 Å². The fraction of sp³-hybridized carbons (Fsp3) is 0.556. The van der Waals surface area contributed by atoms with E-state index >= 15 is 0 Å². The number of benzene rings is 1. The number of amides is 1. The van der Waals surface area contributed by atoms with Crippen LogP contribution in [0.4, 0.5) is 4.79 Å². The summed E-state index contributed by atoms with van der Waals surface area (Å²) in [7, 11) is 0. The predicted molar refractivity (Wildman–Crippen MR) is 103 cm³/mol. The summed E-state index contributed by atoms with van der Waals surface area (Å²) in [5, 5.41) is 3.84. The van der Waals surface area contributed by atoms with Gasteiger partial charge in [-0.3, -0.25) is 0 Å². The van der Waals surface area contributed by atoms with Crippen molar-refractivity contribution in [3.8, 4) is 5.75 Å². The van der Waals surface area contributed by atoms with Crippen molar-refractivity contribution in [2.45, 2.75) is 38.8 Å². The Morgan fingerprint density at radius 3 is 2.85 bits per heavy atom. The van der Waals surface area contributed by atoms with Crippen molar-refractivity contribution >= 4 is 23.7 Å². The standard InChI is InChI=1S/C18H27ClN4O3/c1-3-25-18(24)23-9-7-15(8-10-23)22-17(20)21-12-13(2)26-16-6-4-5-14(19)11-16/h4-6,11,13,15H,3,7-10,12H2,1-2H3,(H3,20,21,22). The quantitative estimate of drug-likeness (QED) is 0.583. The zero-order valence-electron chi connectivity index (χ0n) is 15.3. The molecule has 0 aromatic heterocycles. The third kappa shape index (κ3) is 6.63. The lowest BCUT2D eigenvalue weighted by Crippen LogP contribution is -2.48. The first-order chi connectivity index (χ1) is 12.5. The van der Waals surface area contributed by atoms with Gasteiger partial charge in [-0.05, 0) is 44.9 Å². The number of ether oxygens (including phenoxy) is 2. The highest BCUT2D eigenvalue weighted by Crippen LogP contribution is 2.18. The minimum Gasteiger partial charge on any atom is -0.489 e. The van der Waals surface area contributed by atoms with Crippen molar-refractivity contribution < 1.29 is 14.3 Å². The minimum absolute atomic E-state index is 0.125. The van der Waals surface area contributed by atoms with E-state index in [4.69, 9.17) is 26.8 Å². The van der Waals surface area contributed by atoms with Crippen molar-refractivity contribution in [2.24, 2.45) is 10.7 Å². The minimum atomic E-state index is -0.250. The van der Waals surface area contributed by atoms with Crippen LogP contribution in [-0.4, -0.2) is 55.3 Å². The van der Waals surface area contributed by atoms with Gasteiger partial charge in [-0.25, -0.2) is 9.79 Å². The number of aliphatic imine (C=N–C) groups is 1.